The minimum atomic E-state index is 1.000. The first-order chi connectivity index (χ1) is 4.74. The Kier molecular flexibility index (Phi) is 6.03. The molecule has 0 aromatic rings. The van der Waals surface area contributed by atoms with Gasteiger partial charge in [-0.05, 0) is 25.2 Å². The molecule has 0 spiro atoms. The van der Waals surface area contributed by atoms with Gasteiger partial charge in [0.05, 0.1) is 0 Å². The van der Waals surface area contributed by atoms with Gasteiger partial charge in [0.15, 0.2) is 0 Å². The van der Waals surface area contributed by atoms with E-state index in [-0.39, 0.29) is 0 Å². The van der Waals surface area contributed by atoms with Gasteiger partial charge in [-0.3, -0.25) is 0 Å². The van der Waals surface area contributed by atoms with Gasteiger partial charge in [-0.25, -0.2) is 0 Å². The topological polar surface area (TPSA) is 3.24 Å². The van der Waals surface area contributed by atoms with Crippen molar-refractivity contribution in [3.63, 3.8) is 0 Å². The summed E-state index contributed by atoms with van der Waals surface area (Å²) in [4.78, 5) is 2.52. The zero-order chi connectivity index (χ0) is 7.98. The van der Waals surface area contributed by atoms with Crippen LogP contribution in [0.15, 0.2) is 0 Å². The molecular weight excluding hydrogens is 138 g/mol. The van der Waals surface area contributed by atoms with Crippen molar-refractivity contribution in [2.24, 2.45) is 0 Å². The van der Waals surface area contributed by atoms with Crippen LogP contribution in [-0.2, 0) is 0 Å². The van der Waals surface area contributed by atoms with E-state index in [1.165, 1.54) is 36.3 Å². The Morgan fingerprint density at radius 3 is 2.00 bits per heavy atom. The van der Waals surface area contributed by atoms with Crippen molar-refractivity contribution in [3.05, 3.63) is 0 Å². The van der Waals surface area contributed by atoms with Crippen molar-refractivity contribution in [2.45, 2.75) is 32.7 Å². The highest BCUT2D eigenvalue weighted by Crippen LogP contribution is 2.05. The fourth-order valence-electron chi connectivity index (χ4n) is 1.05. The van der Waals surface area contributed by atoms with E-state index in [9.17, 15) is 0 Å². The molecule has 0 aromatic heterocycles. The third-order valence-electron chi connectivity index (χ3n) is 2.16. The number of nitrogens with zero attached hydrogens (tertiary/aromatic N) is 1. The van der Waals surface area contributed by atoms with Crippen molar-refractivity contribution >= 4 is 10.2 Å². The summed E-state index contributed by atoms with van der Waals surface area (Å²) in [7, 11) is 1.36. The zero-order valence-electron chi connectivity index (χ0n) is 7.85. The fourth-order valence-corrected chi connectivity index (χ4v) is 1.57. The third-order valence-corrected chi connectivity index (χ3v) is 3.34. The second-order valence-corrected chi connectivity index (χ2v) is 4.63. The lowest BCUT2D eigenvalue weighted by atomic mass is 10.3. The molecule has 0 radical (unpaired) electrons. The van der Waals surface area contributed by atoms with Crippen LogP contribution in [0, 0.1) is 0 Å². The van der Waals surface area contributed by atoms with Crippen molar-refractivity contribution in [1.82, 2.24) is 4.90 Å². The molecule has 0 rings (SSSR count). The van der Waals surface area contributed by atoms with E-state index in [0.29, 0.717) is 0 Å². The molecule has 0 heterocycles. The molecule has 1 nitrogen and oxygen atoms in total. The van der Waals surface area contributed by atoms with Crippen molar-refractivity contribution in [1.29, 1.82) is 0 Å². The largest absolute Gasteiger partial charge is 0.304 e. The summed E-state index contributed by atoms with van der Waals surface area (Å²) < 4.78 is 0. The zero-order valence-corrected chi connectivity index (χ0v) is 9.85. The number of hydrogen-bond donors (Lipinski definition) is 0. The minimum Gasteiger partial charge on any atom is -0.304 e. The molecule has 10 heavy (non-hydrogen) atoms. The van der Waals surface area contributed by atoms with Crippen molar-refractivity contribution in [2.75, 3.05) is 19.6 Å². The average molecular weight is 159 g/mol. The molecule has 62 valence electrons. The lowest BCUT2D eigenvalue weighted by Crippen LogP contribution is -2.26. The van der Waals surface area contributed by atoms with E-state index in [1.54, 1.807) is 0 Å². The van der Waals surface area contributed by atoms with E-state index in [1.807, 2.05) is 0 Å². The Morgan fingerprint density at radius 2 is 1.70 bits per heavy atom. The maximum absolute atomic E-state index is 2.52. The van der Waals surface area contributed by atoms with Gasteiger partial charge in [0, 0.05) is 10.2 Å². The first kappa shape index (κ1) is 10.2. The van der Waals surface area contributed by atoms with Crippen molar-refractivity contribution in [3.8, 4) is 0 Å². The van der Waals surface area contributed by atoms with Crippen LogP contribution in [0.1, 0.15) is 27.2 Å². The van der Waals surface area contributed by atoms with Gasteiger partial charge in [0.2, 0.25) is 0 Å². The molecule has 0 aliphatic rings. The van der Waals surface area contributed by atoms with Gasteiger partial charge >= 0.3 is 0 Å². The maximum atomic E-state index is 2.52. The second-order valence-electron chi connectivity index (χ2n) is 3.00. The van der Waals surface area contributed by atoms with Gasteiger partial charge in [-0.15, -0.1) is 0 Å². The predicted molar refractivity (Wildman–Crippen MR) is 51.8 cm³/mol. The Hall–Kier alpha value is 0.177. The number of hydrogen-bond acceptors (Lipinski definition) is 1. The highest BCUT2D eigenvalue weighted by atomic mass is 28.1. The Morgan fingerprint density at radius 1 is 1.20 bits per heavy atom. The molecule has 0 aromatic carbocycles. The molecular formula is C8H21NSi. The Labute approximate surface area is 68.2 Å². The Balaban J connectivity index is 3.41. The first-order valence-electron chi connectivity index (χ1n) is 4.46. The fraction of sp³-hybridized carbons (Fsp3) is 1.00. The number of rotatable bonds is 5. The molecule has 0 saturated heterocycles. The van der Waals surface area contributed by atoms with Crippen LogP contribution in [0.2, 0.25) is 5.54 Å². The highest BCUT2D eigenvalue weighted by Gasteiger charge is 2.03. The summed E-state index contributed by atoms with van der Waals surface area (Å²) in [5.74, 6) is 0. The van der Waals surface area contributed by atoms with Crippen LogP contribution in [0.4, 0.5) is 0 Å². The van der Waals surface area contributed by atoms with Crippen LogP contribution in [0.25, 0.3) is 0 Å². The summed E-state index contributed by atoms with van der Waals surface area (Å²) in [6, 6.07) is 0. The lowest BCUT2D eigenvalue weighted by Gasteiger charge is -2.21. The van der Waals surface area contributed by atoms with E-state index >= 15 is 0 Å². The molecule has 1 unspecified atom stereocenters. The van der Waals surface area contributed by atoms with Crippen LogP contribution in [0.3, 0.4) is 0 Å². The normalized spacial score (nSPS) is 14.4. The van der Waals surface area contributed by atoms with Gasteiger partial charge in [0.1, 0.15) is 0 Å². The van der Waals surface area contributed by atoms with Crippen LogP contribution >= 0.6 is 0 Å². The van der Waals surface area contributed by atoms with Gasteiger partial charge < -0.3 is 4.90 Å². The molecule has 0 amide bonds. The minimum absolute atomic E-state index is 1.000. The Bertz CT molecular complexity index is 71.7. The molecule has 0 N–H and O–H groups in total. The summed E-state index contributed by atoms with van der Waals surface area (Å²) in [5.41, 5.74) is 1.000. The first-order valence-corrected chi connectivity index (χ1v) is 5.62. The predicted octanol–water partition coefficient (Wildman–Crippen LogP) is 0.892. The quantitative estimate of drug-likeness (QED) is 0.539. The second kappa shape index (κ2) is 5.92. The standard InChI is InChI=1S/C8H21NSi/c1-4-8(10)7-9(5-2)6-3/h8H,4-7H2,1-3,10H3. The lowest BCUT2D eigenvalue weighted by molar-refractivity contribution is 0.299. The monoisotopic (exact) mass is 159 g/mol. The van der Waals surface area contributed by atoms with E-state index in [4.69, 9.17) is 0 Å². The summed E-state index contributed by atoms with van der Waals surface area (Å²) >= 11 is 0. The van der Waals surface area contributed by atoms with E-state index < -0.39 is 0 Å². The molecule has 2 heteroatoms. The summed E-state index contributed by atoms with van der Waals surface area (Å²) in [6.07, 6.45) is 1.36. The van der Waals surface area contributed by atoms with Crippen LogP contribution in [0.5, 0.6) is 0 Å². The smallest absolute Gasteiger partial charge is 0.00834 e. The van der Waals surface area contributed by atoms with Gasteiger partial charge in [-0.2, -0.15) is 0 Å². The molecule has 1 atom stereocenters. The summed E-state index contributed by atoms with van der Waals surface area (Å²) in [6.45, 7) is 10.5. The third kappa shape index (κ3) is 4.07. The average Bonchev–Trinajstić information content (AvgIpc) is 1.99. The van der Waals surface area contributed by atoms with E-state index in [2.05, 4.69) is 25.7 Å². The van der Waals surface area contributed by atoms with Gasteiger partial charge in [-0.1, -0.05) is 27.2 Å². The van der Waals surface area contributed by atoms with Crippen molar-refractivity contribution < 1.29 is 0 Å². The molecule has 0 fully saturated rings. The molecule has 0 bridgehead atoms. The highest BCUT2D eigenvalue weighted by molar-refractivity contribution is 6.11. The molecule has 0 aliphatic heterocycles. The maximum Gasteiger partial charge on any atom is 0.00834 e. The van der Waals surface area contributed by atoms with Crippen LogP contribution in [-0.4, -0.2) is 34.8 Å². The van der Waals surface area contributed by atoms with E-state index in [0.717, 1.165) is 5.54 Å². The van der Waals surface area contributed by atoms with Gasteiger partial charge in [0.25, 0.3) is 0 Å². The SMILES string of the molecule is CCC([SiH3])CN(CC)CC. The molecule has 0 saturated carbocycles. The van der Waals surface area contributed by atoms with Crippen LogP contribution < -0.4 is 0 Å². The molecule has 0 aliphatic carbocycles. The summed E-state index contributed by atoms with van der Waals surface area (Å²) in [5, 5.41) is 0.